The number of hydrogen-bond donors (Lipinski definition) is 3. The van der Waals surface area contributed by atoms with E-state index in [1.807, 2.05) is 38.1 Å². The van der Waals surface area contributed by atoms with Crippen LogP contribution in [-0.2, 0) is 4.79 Å². The van der Waals surface area contributed by atoms with Gasteiger partial charge in [-0.2, -0.15) is 0 Å². The highest BCUT2D eigenvalue weighted by molar-refractivity contribution is 5.82. The molecular weight excluding hydrogens is 228 g/mol. The van der Waals surface area contributed by atoms with Gasteiger partial charge < -0.3 is 16.2 Å². The molecule has 0 saturated heterocycles. The minimum absolute atomic E-state index is 0.206. The van der Waals surface area contributed by atoms with E-state index in [1.165, 1.54) is 0 Å². The number of aryl methyl sites for hydroxylation is 1. The molecule has 18 heavy (non-hydrogen) atoms. The highest BCUT2D eigenvalue weighted by atomic mass is 16.3. The van der Waals surface area contributed by atoms with Crippen molar-refractivity contribution < 1.29 is 9.90 Å². The van der Waals surface area contributed by atoms with Gasteiger partial charge in [-0.05, 0) is 25.3 Å². The SMILES string of the molecule is CCC(O)CCNC(=O)C(N)c1ccc(C)cc1. The molecule has 2 unspecified atom stereocenters. The summed E-state index contributed by atoms with van der Waals surface area (Å²) in [7, 11) is 0. The monoisotopic (exact) mass is 250 g/mol. The molecule has 0 aromatic heterocycles. The number of carbonyl (C=O) groups is 1. The maximum Gasteiger partial charge on any atom is 0.241 e. The van der Waals surface area contributed by atoms with E-state index in [9.17, 15) is 9.90 Å². The molecule has 0 radical (unpaired) electrons. The number of amides is 1. The first-order chi connectivity index (χ1) is 8.54. The molecule has 0 aliphatic rings. The largest absolute Gasteiger partial charge is 0.393 e. The first-order valence-electron chi connectivity index (χ1n) is 6.32. The Labute approximate surface area is 108 Å². The molecule has 4 nitrogen and oxygen atoms in total. The lowest BCUT2D eigenvalue weighted by atomic mass is 10.1. The van der Waals surface area contributed by atoms with E-state index < -0.39 is 6.04 Å². The summed E-state index contributed by atoms with van der Waals surface area (Å²) in [5.41, 5.74) is 7.80. The van der Waals surface area contributed by atoms with Gasteiger partial charge in [0.2, 0.25) is 5.91 Å². The average Bonchev–Trinajstić information content (AvgIpc) is 2.38. The second-order valence-electron chi connectivity index (χ2n) is 4.53. The Kier molecular flexibility index (Phi) is 5.82. The third-order valence-electron chi connectivity index (χ3n) is 2.97. The highest BCUT2D eigenvalue weighted by Crippen LogP contribution is 2.11. The lowest BCUT2D eigenvalue weighted by molar-refractivity contribution is -0.122. The van der Waals surface area contributed by atoms with Crippen molar-refractivity contribution in [2.24, 2.45) is 5.73 Å². The fourth-order valence-electron chi connectivity index (χ4n) is 1.60. The van der Waals surface area contributed by atoms with E-state index in [0.29, 0.717) is 19.4 Å². The van der Waals surface area contributed by atoms with Gasteiger partial charge in [0.1, 0.15) is 6.04 Å². The molecule has 100 valence electrons. The first kappa shape index (κ1) is 14.7. The van der Waals surface area contributed by atoms with Crippen LogP contribution in [0.3, 0.4) is 0 Å². The summed E-state index contributed by atoms with van der Waals surface area (Å²) in [5, 5.41) is 12.1. The molecule has 2 atom stereocenters. The van der Waals surface area contributed by atoms with Crippen molar-refractivity contribution in [3.63, 3.8) is 0 Å². The van der Waals surface area contributed by atoms with E-state index in [4.69, 9.17) is 5.73 Å². The van der Waals surface area contributed by atoms with Gasteiger partial charge in [-0.25, -0.2) is 0 Å². The van der Waals surface area contributed by atoms with Crippen LogP contribution in [0.1, 0.15) is 36.9 Å². The smallest absolute Gasteiger partial charge is 0.241 e. The predicted octanol–water partition coefficient (Wildman–Crippen LogP) is 1.27. The standard InChI is InChI=1S/C14H22N2O2/c1-3-12(17)8-9-16-14(18)13(15)11-6-4-10(2)5-7-11/h4-7,12-13,17H,3,8-9,15H2,1-2H3,(H,16,18). The van der Waals surface area contributed by atoms with E-state index >= 15 is 0 Å². The Balaban J connectivity index is 2.44. The van der Waals surface area contributed by atoms with Crippen LogP contribution in [0.15, 0.2) is 24.3 Å². The zero-order chi connectivity index (χ0) is 13.5. The van der Waals surface area contributed by atoms with Gasteiger partial charge in [-0.3, -0.25) is 4.79 Å². The van der Waals surface area contributed by atoms with Crippen LogP contribution in [0.25, 0.3) is 0 Å². The lowest BCUT2D eigenvalue weighted by Crippen LogP contribution is -2.35. The third-order valence-corrected chi connectivity index (χ3v) is 2.97. The molecule has 1 rings (SSSR count). The van der Waals surface area contributed by atoms with Crippen LogP contribution in [0, 0.1) is 6.92 Å². The van der Waals surface area contributed by atoms with Crippen molar-refractivity contribution in [2.75, 3.05) is 6.54 Å². The number of nitrogens with two attached hydrogens (primary N) is 1. The Hall–Kier alpha value is -1.39. The zero-order valence-corrected chi connectivity index (χ0v) is 11.0. The van der Waals surface area contributed by atoms with Crippen LogP contribution in [0.5, 0.6) is 0 Å². The molecule has 0 aliphatic heterocycles. The zero-order valence-electron chi connectivity index (χ0n) is 11.0. The average molecular weight is 250 g/mol. The second-order valence-corrected chi connectivity index (χ2v) is 4.53. The van der Waals surface area contributed by atoms with Crippen molar-refractivity contribution in [1.29, 1.82) is 0 Å². The first-order valence-corrected chi connectivity index (χ1v) is 6.32. The maximum absolute atomic E-state index is 11.8. The van der Waals surface area contributed by atoms with E-state index in [1.54, 1.807) is 0 Å². The lowest BCUT2D eigenvalue weighted by Gasteiger charge is -2.14. The van der Waals surface area contributed by atoms with Crippen molar-refractivity contribution in [1.82, 2.24) is 5.32 Å². The predicted molar refractivity (Wildman–Crippen MR) is 72.0 cm³/mol. The number of aliphatic hydroxyl groups excluding tert-OH is 1. The molecule has 0 bridgehead atoms. The molecule has 1 amide bonds. The summed E-state index contributed by atoms with van der Waals surface area (Å²) in [6.45, 7) is 4.35. The quantitative estimate of drug-likeness (QED) is 0.711. The summed E-state index contributed by atoms with van der Waals surface area (Å²) >= 11 is 0. The van der Waals surface area contributed by atoms with E-state index in [-0.39, 0.29) is 12.0 Å². The van der Waals surface area contributed by atoms with Crippen LogP contribution in [0.4, 0.5) is 0 Å². The number of carbonyl (C=O) groups excluding carboxylic acids is 1. The molecule has 0 heterocycles. The second kappa shape index (κ2) is 7.13. The van der Waals surface area contributed by atoms with Gasteiger partial charge in [0.15, 0.2) is 0 Å². The topological polar surface area (TPSA) is 75.3 Å². The number of aliphatic hydroxyl groups is 1. The normalized spacial score (nSPS) is 14.0. The van der Waals surface area contributed by atoms with Crippen molar-refractivity contribution in [3.8, 4) is 0 Å². The van der Waals surface area contributed by atoms with Crippen LogP contribution < -0.4 is 11.1 Å². The third kappa shape index (κ3) is 4.47. The summed E-state index contributed by atoms with van der Waals surface area (Å²) in [5.74, 6) is -0.206. The molecule has 1 aromatic carbocycles. The summed E-state index contributed by atoms with van der Waals surface area (Å²) in [6.07, 6.45) is 0.892. The molecule has 0 fully saturated rings. The van der Waals surface area contributed by atoms with E-state index in [0.717, 1.165) is 11.1 Å². The minimum atomic E-state index is -0.649. The Morgan fingerprint density at radius 3 is 2.56 bits per heavy atom. The van der Waals surface area contributed by atoms with Crippen LogP contribution >= 0.6 is 0 Å². The van der Waals surface area contributed by atoms with Crippen molar-refractivity contribution in [2.45, 2.75) is 38.8 Å². The maximum atomic E-state index is 11.8. The van der Waals surface area contributed by atoms with Gasteiger partial charge in [-0.1, -0.05) is 36.8 Å². The van der Waals surface area contributed by atoms with Gasteiger partial charge in [0, 0.05) is 6.54 Å². The van der Waals surface area contributed by atoms with Gasteiger partial charge in [0.25, 0.3) is 0 Å². The van der Waals surface area contributed by atoms with Gasteiger partial charge in [0.05, 0.1) is 6.10 Å². The van der Waals surface area contributed by atoms with Gasteiger partial charge >= 0.3 is 0 Å². The van der Waals surface area contributed by atoms with Crippen LogP contribution in [-0.4, -0.2) is 23.7 Å². The highest BCUT2D eigenvalue weighted by Gasteiger charge is 2.15. The summed E-state index contributed by atoms with van der Waals surface area (Å²) in [4.78, 5) is 11.8. The Morgan fingerprint density at radius 1 is 1.39 bits per heavy atom. The summed E-state index contributed by atoms with van der Waals surface area (Å²) in [6, 6.07) is 6.94. The Bertz CT molecular complexity index is 376. The summed E-state index contributed by atoms with van der Waals surface area (Å²) < 4.78 is 0. The number of rotatable bonds is 6. The van der Waals surface area contributed by atoms with Crippen LogP contribution in [0.2, 0.25) is 0 Å². The molecule has 0 spiro atoms. The fourth-order valence-corrected chi connectivity index (χ4v) is 1.60. The minimum Gasteiger partial charge on any atom is -0.393 e. The van der Waals surface area contributed by atoms with E-state index in [2.05, 4.69) is 5.32 Å². The number of benzene rings is 1. The molecule has 4 N–H and O–H groups in total. The Morgan fingerprint density at radius 2 is 2.00 bits per heavy atom. The number of hydrogen-bond acceptors (Lipinski definition) is 3. The van der Waals surface area contributed by atoms with Gasteiger partial charge in [-0.15, -0.1) is 0 Å². The molecule has 0 aliphatic carbocycles. The number of nitrogens with one attached hydrogen (secondary N) is 1. The molecule has 1 aromatic rings. The fraction of sp³-hybridized carbons (Fsp3) is 0.500. The molecule has 4 heteroatoms. The molecular formula is C14H22N2O2. The van der Waals surface area contributed by atoms with Crippen molar-refractivity contribution >= 4 is 5.91 Å². The molecule has 0 saturated carbocycles. The van der Waals surface area contributed by atoms with Crippen molar-refractivity contribution in [3.05, 3.63) is 35.4 Å².